The summed E-state index contributed by atoms with van der Waals surface area (Å²) in [6.45, 7) is 4.35. The number of hydrogen-bond donors (Lipinski definition) is 1. The van der Waals surface area contributed by atoms with Gasteiger partial charge in [-0.2, -0.15) is 0 Å². The fourth-order valence-electron chi connectivity index (χ4n) is 2.05. The second-order valence-electron chi connectivity index (χ2n) is 4.83. The van der Waals surface area contributed by atoms with Crippen LogP contribution in [-0.2, 0) is 6.42 Å². The lowest BCUT2D eigenvalue weighted by Gasteiger charge is -2.25. The number of aryl methyl sites for hydroxylation is 1. The Kier molecular flexibility index (Phi) is 4.95. The highest BCUT2D eigenvalue weighted by Crippen LogP contribution is 2.28. The Hall–Kier alpha value is -1.62. The van der Waals surface area contributed by atoms with Crippen molar-refractivity contribution < 1.29 is 0 Å². The van der Waals surface area contributed by atoms with Gasteiger partial charge in [0.25, 0.3) is 0 Å². The van der Waals surface area contributed by atoms with E-state index in [1.165, 1.54) is 4.88 Å². The van der Waals surface area contributed by atoms with Gasteiger partial charge in [-0.05, 0) is 24.8 Å². The molecule has 20 heavy (non-hydrogen) atoms. The van der Waals surface area contributed by atoms with Gasteiger partial charge in [0.2, 0.25) is 0 Å². The van der Waals surface area contributed by atoms with Crippen LogP contribution < -0.4 is 10.2 Å². The maximum atomic E-state index is 4.68. The van der Waals surface area contributed by atoms with Crippen molar-refractivity contribution in [1.82, 2.24) is 9.97 Å². The number of nitrogens with zero attached hydrogens (tertiary/aromatic N) is 3. The fourth-order valence-corrected chi connectivity index (χ4v) is 2.87. The van der Waals surface area contributed by atoms with Gasteiger partial charge in [0.15, 0.2) is 0 Å². The zero-order valence-electron chi connectivity index (χ0n) is 12.6. The topological polar surface area (TPSA) is 41.1 Å². The molecule has 4 nitrogen and oxygen atoms in total. The Morgan fingerprint density at radius 1 is 1.40 bits per heavy atom. The molecule has 2 heterocycles. The molecule has 2 aromatic heterocycles. The monoisotopic (exact) mass is 290 g/mol. The molecular weight excluding hydrogens is 268 g/mol. The van der Waals surface area contributed by atoms with Crippen molar-refractivity contribution in [1.29, 1.82) is 0 Å². The molecule has 2 rings (SSSR count). The number of rotatable bonds is 6. The van der Waals surface area contributed by atoms with Crippen LogP contribution in [0, 0.1) is 0 Å². The molecule has 0 bridgehead atoms. The van der Waals surface area contributed by atoms with E-state index in [1.54, 1.807) is 11.3 Å². The summed E-state index contributed by atoms with van der Waals surface area (Å²) in [5.74, 6) is 2.75. The summed E-state index contributed by atoms with van der Waals surface area (Å²) < 4.78 is 0. The third-order valence-corrected chi connectivity index (χ3v) is 4.43. The SMILES string of the molecule is CCCc1nc(NC)cc(N(C)C(C)c2cccs2)n1. The molecule has 2 aromatic rings. The summed E-state index contributed by atoms with van der Waals surface area (Å²) in [6.07, 6.45) is 1.96. The number of aromatic nitrogens is 2. The van der Waals surface area contributed by atoms with Gasteiger partial charge >= 0.3 is 0 Å². The number of nitrogens with one attached hydrogen (secondary N) is 1. The highest BCUT2D eigenvalue weighted by atomic mass is 32.1. The molecule has 0 fully saturated rings. The van der Waals surface area contributed by atoms with Gasteiger partial charge < -0.3 is 10.2 Å². The van der Waals surface area contributed by atoms with Crippen molar-refractivity contribution in [3.8, 4) is 0 Å². The van der Waals surface area contributed by atoms with Gasteiger partial charge in [-0.1, -0.05) is 13.0 Å². The molecule has 0 aliphatic rings. The van der Waals surface area contributed by atoms with E-state index in [0.717, 1.165) is 30.3 Å². The van der Waals surface area contributed by atoms with Crippen molar-refractivity contribution in [2.45, 2.75) is 32.7 Å². The van der Waals surface area contributed by atoms with Gasteiger partial charge in [0.1, 0.15) is 17.5 Å². The minimum atomic E-state index is 0.309. The van der Waals surface area contributed by atoms with E-state index in [2.05, 4.69) is 58.6 Å². The molecule has 0 aliphatic heterocycles. The smallest absolute Gasteiger partial charge is 0.134 e. The molecule has 0 radical (unpaired) electrons. The van der Waals surface area contributed by atoms with E-state index in [1.807, 2.05) is 13.1 Å². The highest BCUT2D eigenvalue weighted by Gasteiger charge is 2.16. The Balaban J connectivity index is 2.28. The van der Waals surface area contributed by atoms with E-state index in [-0.39, 0.29) is 0 Å². The average Bonchev–Trinajstić information content (AvgIpc) is 2.99. The van der Waals surface area contributed by atoms with Crippen LogP contribution in [0.1, 0.15) is 37.0 Å². The van der Waals surface area contributed by atoms with Crippen molar-refractivity contribution in [3.63, 3.8) is 0 Å². The average molecular weight is 290 g/mol. The summed E-state index contributed by atoms with van der Waals surface area (Å²) in [6, 6.07) is 6.57. The Morgan fingerprint density at radius 3 is 2.80 bits per heavy atom. The van der Waals surface area contributed by atoms with Gasteiger partial charge in [0.05, 0.1) is 6.04 Å². The van der Waals surface area contributed by atoms with Crippen LogP contribution in [0.4, 0.5) is 11.6 Å². The molecular formula is C15H22N4S. The fraction of sp³-hybridized carbons (Fsp3) is 0.467. The predicted octanol–water partition coefficient (Wildman–Crippen LogP) is 3.73. The first kappa shape index (κ1) is 14.8. The molecule has 1 N–H and O–H groups in total. The Bertz CT molecular complexity index is 539. The molecule has 0 amide bonds. The van der Waals surface area contributed by atoms with Crippen molar-refractivity contribution in [3.05, 3.63) is 34.3 Å². The van der Waals surface area contributed by atoms with Crippen molar-refractivity contribution in [2.24, 2.45) is 0 Å². The molecule has 5 heteroatoms. The maximum absolute atomic E-state index is 4.68. The van der Waals surface area contributed by atoms with Crippen LogP contribution in [0.2, 0.25) is 0 Å². The summed E-state index contributed by atoms with van der Waals surface area (Å²) in [5, 5.41) is 5.23. The van der Waals surface area contributed by atoms with E-state index in [9.17, 15) is 0 Å². The van der Waals surface area contributed by atoms with Crippen LogP contribution in [-0.4, -0.2) is 24.1 Å². The molecule has 1 unspecified atom stereocenters. The standard InChI is InChI=1S/C15H22N4S/c1-5-7-13-17-14(16-3)10-15(18-13)19(4)11(2)12-8-6-9-20-12/h6,8-11H,5,7H2,1-4H3,(H,16,17,18). The first-order valence-corrected chi connectivity index (χ1v) is 7.85. The van der Waals surface area contributed by atoms with E-state index >= 15 is 0 Å². The van der Waals surface area contributed by atoms with Crippen molar-refractivity contribution in [2.75, 3.05) is 24.3 Å². The van der Waals surface area contributed by atoms with Crippen LogP contribution in [0.5, 0.6) is 0 Å². The Morgan fingerprint density at radius 2 is 2.20 bits per heavy atom. The summed E-state index contributed by atoms with van der Waals surface area (Å²) in [7, 11) is 3.98. The minimum Gasteiger partial charge on any atom is -0.373 e. The Labute approximate surface area is 124 Å². The van der Waals surface area contributed by atoms with Crippen molar-refractivity contribution >= 4 is 23.0 Å². The molecule has 0 spiro atoms. The molecule has 0 aromatic carbocycles. The number of thiophene rings is 1. The predicted molar refractivity (Wildman–Crippen MR) is 86.7 cm³/mol. The summed E-state index contributed by atoms with van der Waals surface area (Å²) in [5.41, 5.74) is 0. The molecule has 0 aliphatic carbocycles. The van der Waals surface area contributed by atoms with E-state index in [0.29, 0.717) is 6.04 Å². The largest absolute Gasteiger partial charge is 0.373 e. The summed E-state index contributed by atoms with van der Waals surface area (Å²) >= 11 is 1.78. The van der Waals surface area contributed by atoms with Gasteiger partial charge in [-0.3, -0.25) is 0 Å². The molecule has 0 saturated heterocycles. The lowest BCUT2D eigenvalue weighted by Crippen LogP contribution is -2.22. The normalized spacial score (nSPS) is 12.2. The summed E-state index contributed by atoms with van der Waals surface area (Å²) in [4.78, 5) is 12.7. The van der Waals surface area contributed by atoms with Crippen LogP contribution in [0.15, 0.2) is 23.6 Å². The minimum absolute atomic E-state index is 0.309. The van der Waals surface area contributed by atoms with Crippen LogP contribution in [0.25, 0.3) is 0 Å². The second kappa shape index (κ2) is 6.70. The molecule has 0 saturated carbocycles. The molecule has 108 valence electrons. The first-order valence-electron chi connectivity index (χ1n) is 6.97. The van der Waals surface area contributed by atoms with Gasteiger partial charge in [0, 0.05) is 31.5 Å². The second-order valence-corrected chi connectivity index (χ2v) is 5.81. The zero-order chi connectivity index (χ0) is 14.5. The van der Waals surface area contributed by atoms with Crippen LogP contribution in [0.3, 0.4) is 0 Å². The quantitative estimate of drug-likeness (QED) is 0.880. The third-order valence-electron chi connectivity index (χ3n) is 3.39. The molecule has 1 atom stereocenters. The lowest BCUT2D eigenvalue weighted by molar-refractivity contribution is 0.730. The first-order chi connectivity index (χ1) is 9.65. The van der Waals surface area contributed by atoms with E-state index in [4.69, 9.17) is 0 Å². The highest BCUT2D eigenvalue weighted by molar-refractivity contribution is 7.10. The zero-order valence-corrected chi connectivity index (χ0v) is 13.4. The van der Waals surface area contributed by atoms with E-state index < -0.39 is 0 Å². The number of hydrogen-bond acceptors (Lipinski definition) is 5. The maximum Gasteiger partial charge on any atom is 0.134 e. The van der Waals surface area contributed by atoms with Gasteiger partial charge in [-0.15, -0.1) is 11.3 Å². The number of anilines is 2. The van der Waals surface area contributed by atoms with Gasteiger partial charge in [-0.25, -0.2) is 9.97 Å². The third kappa shape index (κ3) is 3.28. The van der Waals surface area contributed by atoms with Crippen LogP contribution >= 0.6 is 11.3 Å². The lowest BCUT2D eigenvalue weighted by atomic mass is 10.2.